The van der Waals surface area contributed by atoms with Crippen LogP contribution in [0.4, 0.5) is 16.3 Å². The number of halogens is 3. The molecule has 5 rings (SSSR count). The number of aromatic amines is 2. The quantitative estimate of drug-likeness (QED) is 0.105. The number of rotatable bonds is 8. The molecule has 2 aromatic heterocycles. The number of nitrogens with one attached hydrogen (secondary N) is 4. The van der Waals surface area contributed by atoms with E-state index in [0.29, 0.717) is 23.8 Å². The molecule has 40 heavy (non-hydrogen) atoms. The van der Waals surface area contributed by atoms with Crippen molar-refractivity contribution >= 4 is 63.2 Å². The first-order valence-electron chi connectivity index (χ1n) is 11.9. The number of hydrogen-bond acceptors (Lipinski definition) is 6. The van der Waals surface area contributed by atoms with E-state index >= 15 is 0 Å². The molecule has 3 aromatic carbocycles. The fourth-order valence-electron chi connectivity index (χ4n) is 4.28. The molecule has 14 heteroatoms. The summed E-state index contributed by atoms with van der Waals surface area (Å²) < 4.78 is 0. The third-order valence-electron chi connectivity index (χ3n) is 6.26. The number of carbonyl (C=O) groups is 1. The number of aromatic nitrogens is 4. The van der Waals surface area contributed by atoms with Crippen molar-refractivity contribution < 1.29 is 9.72 Å². The van der Waals surface area contributed by atoms with E-state index in [1.807, 2.05) is 48.5 Å². The standard InChI is InChI=1S/C26H21Cl3N8O3/c27-17-8-9-20(37(39)40)16(21(17)28)12-31-26(38)32-19(10-13-4-2-1-3-5-13)25-33-22(23(29)34-25)14-6-7-15-18(11-14)35-36-24(15)30/h1-9,11,19H,10,12H2,(H,33,34)(H3,30,35,36)(H2,31,32,38)/t19-/m0/s1. The molecule has 11 nitrogen and oxygen atoms in total. The molecule has 2 amide bonds. The monoisotopic (exact) mass is 598 g/mol. The summed E-state index contributed by atoms with van der Waals surface area (Å²) in [5, 5.41) is 25.0. The molecule has 0 unspecified atom stereocenters. The van der Waals surface area contributed by atoms with Crippen LogP contribution in [-0.2, 0) is 13.0 Å². The van der Waals surface area contributed by atoms with Crippen LogP contribution in [-0.4, -0.2) is 31.1 Å². The average Bonchev–Trinajstić information content (AvgIpc) is 3.51. The maximum atomic E-state index is 13.0. The van der Waals surface area contributed by atoms with Crippen LogP contribution in [0.3, 0.4) is 0 Å². The van der Waals surface area contributed by atoms with E-state index in [4.69, 9.17) is 45.5 Å². The van der Waals surface area contributed by atoms with E-state index in [9.17, 15) is 14.9 Å². The predicted molar refractivity (Wildman–Crippen MR) is 154 cm³/mol. The highest BCUT2D eigenvalue weighted by atomic mass is 35.5. The molecule has 0 bridgehead atoms. The van der Waals surface area contributed by atoms with Crippen LogP contribution in [0.25, 0.3) is 22.2 Å². The number of fused-ring (bicyclic) bond motifs is 1. The zero-order valence-corrected chi connectivity index (χ0v) is 22.8. The minimum absolute atomic E-state index is 0.00421. The first-order chi connectivity index (χ1) is 19.2. The second kappa shape index (κ2) is 11.4. The molecular formula is C26H21Cl3N8O3. The summed E-state index contributed by atoms with van der Waals surface area (Å²) in [7, 11) is 0. The number of imidazole rings is 1. The van der Waals surface area contributed by atoms with Crippen molar-refractivity contribution in [1.29, 1.82) is 0 Å². The Morgan fingerprint density at radius 1 is 1.10 bits per heavy atom. The number of H-pyrrole nitrogens is 2. The summed E-state index contributed by atoms with van der Waals surface area (Å²) >= 11 is 18.8. The summed E-state index contributed by atoms with van der Waals surface area (Å²) in [5.41, 5.74) is 8.57. The summed E-state index contributed by atoms with van der Waals surface area (Å²) in [4.78, 5) is 31.7. The summed E-state index contributed by atoms with van der Waals surface area (Å²) in [6.07, 6.45) is 0.381. The van der Waals surface area contributed by atoms with E-state index in [1.54, 1.807) is 0 Å². The number of hydrogen-bond donors (Lipinski definition) is 5. The number of nitrogen functional groups attached to an aromatic ring is 1. The number of benzene rings is 3. The van der Waals surface area contributed by atoms with Crippen LogP contribution < -0.4 is 16.4 Å². The van der Waals surface area contributed by atoms with E-state index in [-0.39, 0.29) is 33.0 Å². The Morgan fingerprint density at radius 2 is 1.88 bits per heavy atom. The Hall–Kier alpha value is -4.32. The molecule has 0 aliphatic rings. The Bertz CT molecular complexity index is 1720. The van der Waals surface area contributed by atoms with E-state index in [1.165, 1.54) is 12.1 Å². The second-order valence-electron chi connectivity index (χ2n) is 8.84. The van der Waals surface area contributed by atoms with Crippen molar-refractivity contribution in [2.45, 2.75) is 19.0 Å². The van der Waals surface area contributed by atoms with Crippen LogP contribution in [0.1, 0.15) is 23.0 Å². The third-order valence-corrected chi connectivity index (χ3v) is 7.37. The van der Waals surface area contributed by atoms with Gasteiger partial charge >= 0.3 is 6.03 Å². The Morgan fingerprint density at radius 3 is 2.62 bits per heavy atom. The molecule has 1 atom stereocenters. The topological polar surface area (TPSA) is 168 Å². The molecule has 2 heterocycles. The van der Waals surface area contributed by atoms with Crippen LogP contribution in [0.2, 0.25) is 15.2 Å². The van der Waals surface area contributed by atoms with Crippen molar-refractivity contribution in [1.82, 2.24) is 30.8 Å². The maximum absolute atomic E-state index is 13.0. The molecule has 0 fully saturated rings. The smallest absolute Gasteiger partial charge is 0.315 e. The van der Waals surface area contributed by atoms with Crippen molar-refractivity contribution in [3.05, 3.63) is 103 Å². The molecule has 5 aromatic rings. The van der Waals surface area contributed by atoms with Gasteiger partial charge in [-0.05, 0) is 30.2 Å². The van der Waals surface area contributed by atoms with Crippen molar-refractivity contribution in [2.75, 3.05) is 5.73 Å². The minimum Gasteiger partial charge on any atom is -0.382 e. The van der Waals surface area contributed by atoms with Gasteiger partial charge in [-0.25, -0.2) is 9.78 Å². The molecule has 0 saturated heterocycles. The molecule has 204 valence electrons. The van der Waals surface area contributed by atoms with Gasteiger partial charge in [-0.1, -0.05) is 71.2 Å². The van der Waals surface area contributed by atoms with Gasteiger partial charge in [-0.2, -0.15) is 5.10 Å². The molecule has 0 spiro atoms. The zero-order valence-electron chi connectivity index (χ0n) is 20.5. The van der Waals surface area contributed by atoms with Crippen LogP contribution in [0.15, 0.2) is 60.7 Å². The lowest BCUT2D eigenvalue weighted by atomic mass is 10.1. The van der Waals surface area contributed by atoms with Gasteiger partial charge in [-0.3, -0.25) is 15.2 Å². The van der Waals surface area contributed by atoms with Crippen LogP contribution in [0, 0.1) is 10.1 Å². The fraction of sp³-hybridized carbons (Fsp3) is 0.115. The van der Waals surface area contributed by atoms with Gasteiger partial charge in [0.2, 0.25) is 0 Å². The highest BCUT2D eigenvalue weighted by Gasteiger charge is 2.24. The van der Waals surface area contributed by atoms with Crippen molar-refractivity contribution in [3.63, 3.8) is 0 Å². The number of amides is 2. The van der Waals surface area contributed by atoms with Crippen LogP contribution >= 0.6 is 34.8 Å². The Labute approximate surface area is 242 Å². The van der Waals surface area contributed by atoms with Gasteiger partial charge in [0.1, 0.15) is 16.7 Å². The molecule has 0 aliphatic heterocycles. The first kappa shape index (κ1) is 27.3. The summed E-state index contributed by atoms with van der Waals surface area (Å²) in [5.74, 6) is 0.799. The van der Waals surface area contributed by atoms with Gasteiger partial charge in [0.05, 0.1) is 38.6 Å². The van der Waals surface area contributed by atoms with Gasteiger partial charge in [-0.15, -0.1) is 0 Å². The highest BCUT2D eigenvalue weighted by Crippen LogP contribution is 2.33. The van der Waals surface area contributed by atoms with Gasteiger partial charge in [0, 0.05) is 17.0 Å². The molecule has 0 aliphatic carbocycles. The maximum Gasteiger partial charge on any atom is 0.315 e. The second-order valence-corrected chi connectivity index (χ2v) is 10.0. The number of carbonyl (C=O) groups excluding carboxylic acids is 1. The highest BCUT2D eigenvalue weighted by molar-refractivity contribution is 6.42. The molecule has 0 radical (unpaired) electrons. The third kappa shape index (κ3) is 5.67. The van der Waals surface area contributed by atoms with E-state index < -0.39 is 17.0 Å². The van der Waals surface area contributed by atoms with Gasteiger partial charge < -0.3 is 21.4 Å². The largest absolute Gasteiger partial charge is 0.382 e. The lowest BCUT2D eigenvalue weighted by Crippen LogP contribution is -2.39. The van der Waals surface area contributed by atoms with Crippen molar-refractivity contribution in [2.24, 2.45) is 0 Å². The average molecular weight is 600 g/mol. The number of anilines is 1. The van der Waals surface area contributed by atoms with E-state index in [0.717, 1.165) is 22.0 Å². The van der Waals surface area contributed by atoms with E-state index in [2.05, 4.69) is 25.8 Å². The number of nitro benzene ring substituents is 1. The lowest BCUT2D eigenvalue weighted by molar-refractivity contribution is -0.385. The first-order valence-corrected chi connectivity index (χ1v) is 13.0. The SMILES string of the molecule is Nc1n[nH]c2cc(-c3nc([C@H](Cc4ccccc4)NC(=O)NCc4c([N+](=O)[O-])ccc(Cl)c4Cl)[nH]c3Cl)ccc12. The zero-order chi connectivity index (χ0) is 28.4. The molecule has 6 N–H and O–H groups in total. The number of nitrogens with zero attached hydrogens (tertiary/aromatic N) is 3. The lowest BCUT2D eigenvalue weighted by Gasteiger charge is -2.18. The van der Waals surface area contributed by atoms with Gasteiger partial charge in [0.15, 0.2) is 5.82 Å². The predicted octanol–water partition coefficient (Wildman–Crippen LogP) is 6.19. The number of nitrogens with two attached hydrogens (primary N) is 1. The van der Waals surface area contributed by atoms with Crippen LogP contribution in [0.5, 0.6) is 0 Å². The Balaban J connectivity index is 1.40. The number of urea groups is 1. The summed E-state index contributed by atoms with van der Waals surface area (Å²) in [6, 6.07) is 16.3. The normalized spacial score (nSPS) is 11.9. The minimum atomic E-state index is -0.634. The fourth-order valence-corrected chi connectivity index (χ4v) is 4.93. The van der Waals surface area contributed by atoms with Crippen molar-refractivity contribution in [3.8, 4) is 11.3 Å². The molecule has 0 saturated carbocycles. The summed E-state index contributed by atoms with van der Waals surface area (Å²) in [6.45, 7) is -0.225. The Kier molecular flexibility index (Phi) is 7.78. The number of nitro groups is 1. The molecular weight excluding hydrogens is 579 g/mol. The van der Waals surface area contributed by atoms with Gasteiger partial charge in [0.25, 0.3) is 5.69 Å².